The summed E-state index contributed by atoms with van der Waals surface area (Å²) in [5.74, 6) is 1.12. The molecule has 2 fully saturated rings. The quantitative estimate of drug-likeness (QED) is 0.808. The Morgan fingerprint density at radius 3 is 2.59 bits per heavy atom. The molecule has 154 valence electrons. The third-order valence-electron chi connectivity index (χ3n) is 5.51. The summed E-state index contributed by atoms with van der Waals surface area (Å²) in [4.78, 5) is 19.1. The maximum atomic E-state index is 12.9. The van der Waals surface area contributed by atoms with Crippen molar-refractivity contribution in [3.63, 3.8) is 0 Å². The molecule has 1 aromatic carbocycles. The molecule has 4 rings (SSSR count). The summed E-state index contributed by atoms with van der Waals surface area (Å²) in [6.45, 7) is 3.30. The van der Waals surface area contributed by atoms with E-state index in [0.717, 1.165) is 31.6 Å². The van der Waals surface area contributed by atoms with Gasteiger partial charge in [0.05, 0.1) is 20.3 Å². The molecule has 1 spiro atoms. The molecule has 0 radical (unpaired) electrons. The van der Waals surface area contributed by atoms with Crippen LogP contribution >= 0.6 is 0 Å². The van der Waals surface area contributed by atoms with E-state index in [1.54, 1.807) is 19.4 Å². The number of anilines is 1. The van der Waals surface area contributed by atoms with Gasteiger partial charge in [-0.1, -0.05) is 12.1 Å². The number of rotatable bonds is 6. The molecule has 0 aliphatic carbocycles. The zero-order chi connectivity index (χ0) is 20.1. The van der Waals surface area contributed by atoms with E-state index in [4.69, 9.17) is 14.2 Å². The smallest absolute Gasteiger partial charge is 0.254 e. The van der Waals surface area contributed by atoms with Crippen molar-refractivity contribution in [3.8, 4) is 5.75 Å². The van der Waals surface area contributed by atoms with Gasteiger partial charge in [-0.25, -0.2) is 4.98 Å². The minimum atomic E-state index is -0.469. The molecule has 2 aromatic rings. The van der Waals surface area contributed by atoms with Crippen LogP contribution in [0.4, 0.5) is 5.82 Å². The number of aromatic nitrogens is 1. The number of likely N-dealkylation sites (tertiary alicyclic amines) is 1. The lowest BCUT2D eigenvalue weighted by Gasteiger charge is -2.37. The first-order chi connectivity index (χ1) is 14.2. The number of amides is 1. The van der Waals surface area contributed by atoms with Crippen molar-refractivity contribution in [2.45, 2.75) is 25.0 Å². The molecule has 0 atom stereocenters. The maximum Gasteiger partial charge on any atom is 0.254 e. The lowest BCUT2D eigenvalue weighted by atomic mass is 10.0. The number of piperidine rings is 1. The Bertz CT molecular complexity index is 824. The number of ether oxygens (including phenoxy) is 3. The normalized spacial score (nSPS) is 18.0. The Kier molecular flexibility index (Phi) is 5.97. The molecule has 0 unspecified atom stereocenters. The fraction of sp³-hybridized carbons (Fsp3) is 0.455. The van der Waals surface area contributed by atoms with Crippen molar-refractivity contribution in [1.82, 2.24) is 9.88 Å². The van der Waals surface area contributed by atoms with E-state index in [1.807, 2.05) is 23.1 Å². The van der Waals surface area contributed by atoms with Gasteiger partial charge in [-0.3, -0.25) is 4.79 Å². The summed E-state index contributed by atoms with van der Waals surface area (Å²) in [5, 5.41) is 3.31. The van der Waals surface area contributed by atoms with Gasteiger partial charge in [-0.2, -0.15) is 0 Å². The molecule has 2 aliphatic rings. The van der Waals surface area contributed by atoms with Crippen molar-refractivity contribution >= 4 is 11.7 Å². The highest BCUT2D eigenvalue weighted by atomic mass is 16.7. The topological polar surface area (TPSA) is 72.9 Å². The van der Waals surface area contributed by atoms with Crippen LogP contribution in [0.5, 0.6) is 5.75 Å². The number of methoxy groups -OCH3 is 1. The second-order valence-corrected chi connectivity index (χ2v) is 7.35. The van der Waals surface area contributed by atoms with E-state index in [2.05, 4.69) is 22.4 Å². The van der Waals surface area contributed by atoms with Crippen LogP contribution in [0.2, 0.25) is 0 Å². The summed E-state index contributed by atoms with van der Waals surface area (Å²) < 4.78 is 16.7. The molecular weight excluding hydrogens is 370 g/mol. The molecule has 1 N–H and O–H groups in total. The molecule has 1 amide bonds. The second-order valence-electron chi connectivity index (χ2n) is 7.35. The molecule has 7 nitrogen and oxygen atoms in total. The van der Waals surface area contributed by atoms with E-state index in [9.17, 15) is 4.79 Å². The molecule has 3 heterocycles. The Balaban J connectivity index is 1.30. The largest absolute Gasteiger partial charge is 0.497 e. The van der Waals surface area contributed by atoms with E-state index < -0.39 is 5.79 Å². The Morgan fingerprint density at radius 2 is 1.90 bits per heavy atom. The maximum absolute atomic E-state index is 12.9. The number of nitrogens with zero attached hydrogens (tertiary/aromatic N) is 2. The van der Waals surface area contributed by atoms with E-state index in [1.165, 1.54) is 5.56 Å². The van der Waals surface area contributed by atoms with Crippen LogP contribution < -0.4 is 10.1 Å². The summed E-state index contributed by atoms with van der Waals surface area (Å²) >= 11 is 0. The number of hydrogen-bond acceptors (Lipinski definition) is 6. The van der Waals surface area contributed by atoms with Crippen molar-refractivity contribution < 1.29 is 19.0 Å². The van der Waals surface area contributed by atoms with Gasteiger partial charge in [0.25, 0.3) is 5.91 Å². The Morgan fingerprint density at radius 1 is 1.17 bits per heavy atom. The van der Waals surface area contributed by atoms with Crippen LogP contribution in [-0.2, 0) is 15.9 Å². The fourth-order valence-corrected chi connectivity index (χ4v) is 3.81. The van der Waals surface area contributed by atoms with Gasteiger partial charge in [0, 0.05) is 44.2 Å². The van der Waals surface area contributed by atoms with Crippen molar-refractivity contribution in [2.24, 2.45) is 0 Å². The molecule has 1 aromatic heterocycles. The Labute approximate surface area is 171 Å². The SMILES string of the molecule is COc1ccc(CCNc2cc(C(=O)N3CCC4(CC3)OCCO4)ccn2)cc1. The van der Waals surface area contributed by atoms with Crippen LogP contribution in [0.1, 0.15) is 28.8 Å². The second kappa shape index (κ2) is 8.80. The highest BCUT2D eigenvalue weighted by Crippen LogP contribution is 2.31. The van der Waals surface area contributed by atoms with E-state index >= 15 is 0 Å². The minimum absolute atomic E-state index is 0.0263. The fourth-order valence-electron chi connectivity index (χ4n) is 3.81. The van der Waals surface area contributed by atoms with Crippen LogP contribution in [0.3, 0.4) is 0 Å². The average Bonchev–Trinajstić information content (AvgIpc) is 3.22. The molecule has 0 bridgehead atoms. The Hall–Kier alpha value is -2.64. The van der Waals surface area contributed by atoms with Crippen molar-refractivity contribution in [2.75, 3.05) is 45.3 Å². The highest BCUT2D eigenvalue weighted by Gasteiger charge is 2.40. The van der Waals surface area contributed by atoms with Crippen molar-refractivity contribution in [3.05, 3.63) is 53.7 Å². The van der Waals surface area contributed by atoms with Crippen molar-refractivity contribution in [1.29, 1.82) is 0 Å². The summed E-state index contributed by atoms with van der Waals surface area (Å²) in [6.07, 6.45) is 3.98. The number of nitrogens with one attached hydrogen (secondary N) is 1. The molecule has 7 heteroatoms. The van der Waals surface area contributed by atoms with Gasteiger partial charge in [0.2, 0.25) is 0 Å². The predicted octanol–water partition coefficient (Wildman–Crippen LogP) is 2.72. The zero-order valence-corrected chi connectivity index (χ0v) is 16.7. The molecule has 2 aliphatic heterocycles. The van der Waals surface area contributed by atoms with Crippen LogP contribution in [0, 0.1) is 0 Å². The molecule has 2 saturated heterocycles. The lowest BCUT2D eigenvalue weighted by molar-refractivity contribution is -0.181. The number of carbonyl (C=O) groups excluding carboxylic acids is 1. The summed E-state index contributed by atoms with van der Waals surface area (Å²) in [5.41, 5.74) is 1.86. The highest BCUT2D eigenvalue weighted by molar-refractivity contribution is 5.94. The first-order valence-corrected chi connectivity index (χ1v) is 10.1. The van der Waals surface area contributed by atoms with Gasteiger partial charge in [-0.15, -0.1) is 0 Å². The third-order valence-corrected chi connectivity index (χ3v) is 5.51. The van der Waals surface area contributed by atoms with Gasteiger partial charge < -0.3 is 24.4 Å². The van der Waals surface area contributed by atoms with E-state index in [-0.39, 0.29) is 5.91 Å². The molecular formula is C22H27N3O4. The van der Waals surface area contributed by atoms with E-state index in [0.29, 0.717) is 37.7 Å². The van der Waals surface area contributed by atoms with Crippen LogP contribution in [0.25, 0.3) is 0 Å². The first kappa shape index (κ1) is 19.7. The minimum Gasteiger partial charge on any atom is -0.497 e. The van der Waals surface area contributed by atoms with Gasteiger partial charge in [0.15, 0.2) is 5.79 Å². The van der Waals surface area contributed by atoms with Gasteiger partial charge in [-0.05, 0) is 36.2 Å². The first-order valence-electron chi connectivity index (χ1n) is 10.1. The molecule has 29 heavy (non-hydrogen) atoms. The lowest BCUT2D eigenvalue weighted by Crippen LogP contribution is -2.47. The molecule has 0 saturated carbocycles. The number of carbonyl (C=O) groups is 1. The summed E-state index contributed by atoms with van der Waals surface area (Å²) in [6, 6.07) is 11.6. The summed E-state index contributed by atoms with van der Waals surface area (Å²) in [7, 11) is 1.66. The predicted molar refractivity (Wildman–Crippen MR) is 109 cm³/mol. The monoisotopic (exact) mass is 397 g/mol. The third kappa shape index (κ3) is 4.68. The zero-order valence-electron chi connectivity index (χ0n) is 16.7. The number of pyridine rings is 1. The standard InChI is InChI=1S/C22H27N3O4/c1-27-19-4-2-17(3-5-19)6-10-23-20-16-18(7-11-24-20)21(26)25-12-8-22(9-13-25)28-14-15-29-22/h2-5,7,11,16H,6,8-10,12-15H2,1H3,(H,23,24). The number of benzene rings is 1. The van der Waals surface area contributed by atoms with Crippen LogP contribution in [0.15, 0.2) is 42.6 Å². The van der Waals surface area contributed by atoms with Crippen LogP contribution in [-0.4, -0.2) is 61.5 Å². The number of hydrogen-bond donors (Lipinski definition) is 1. The average molecular weight is 397 g/mol. The van der Waals surface area contributed by atoms with Gasteiger partial charge in [0.1, 0.15) is 11.6 Å². The van der Waals surface area contributed by atoms with Gasteiger partial charge >= 0.3 is 0 Å².